The molecule has 0 unspecified atom stereocenters. The summed E-state index contributed by atoms with van der Waals surface area (Å²) >= 11 is 0. The first-order chi connectivity index (χ1) is 4.50. The predicted molar refractivity (Wildman–Crippen MR) is 45.8 cm³/mol. The van der Waals surface area contributed by atoms with Crippen LogP contribution in [-0.2, 0) is 32.0 Å². The van der Waals surface area contributed by atoms with Gasteiger partial charge in [-0.2, -0.15) is 0 Å². The summed E-state index contributed by atoms with van der Waals surface area (Å²) in [6.45, 7) is 2.92. The molecule has 2 N–H and O–H groups in total. The van der Waals surface area contributed by atoms with Crippen molar-refractivity contribution in [3.8, 4) is 0 Å². The summed E-state index contributed by atoms with van der Waals surface area (Å²) in [6, 6.07) is 0. The number of rotatable bonds is 2. The fourth-order valence-corrected chi connectivity index (χ4v) is 0.214. The molecule has 0 atom stereocenters. The Labute approximate surface area is 98.0 Å². The Morgan fingerprint density at radius 2 is 1.50 bits per heavy atom. The molecule has 0 aromatic carbocycles. The molecule has 0 spiro atoms. The molecular weight excluding hydrogens is 271 g/mol. The molecule has 4 nitrogen and oxygen atoms in total. The molecule has 0 saturated heterocycles. The van der Waals surface area contributed by atoms with Gasteiger partial charge in [-0.15, -0.1) is 0 Å². The first kappa shape index (κ1) is 22.8. The van der Waals surface area contributed by atoms with Crippen LogP contribution in [0.1, 0.15) is 26.7 Å². The van der Waals surface area contributed by atoms with Crippen LogP contribution in [0.4, 0.5) is 0 Å². The van der Waals surface area contributed by atoms with Gasteiger partial charge in [0.05, 0.1) is 0 Å². The van der Waals surface area contributed by atoms with Crippen LogP contribution in [0.25, 0.3) is 0 Å². The van der Waals surface area contributed by atoms with E-state index in [-0.39, 0.29) is 39.7 Å². The average Bonchev–Trinajstić information content (AvgIpc) is 1.62. The molecule has 0 saturated carbocycles. The standard InChI is InChI=1S/C4H8O2.C2H4O2.Ag.Al.3H/c1-2-3-4(5)6;1-2(3)4;;;;;/h2-3H2,1H3,(H,5,6);1H3,(H,3,4);;;;;. The zero-order valence-electron chi connectivity index (χ0n) is 6.43. The molecule has 0 aromatic rings. The van der Waals surface area contributed by atoms with Gasteiger partial charge in [-0.25, -0.2) is 0 Å². The van der Waals surface area contributed by atoms with Crippen molar-refractivity contribution in [2.24, 2.45) is 0 Å². The minimum absolute atomic E-state index is 0. The van der Waals surface area contributed by atoms with Gasteiger partial charge in [0, 0.05) is 35.7 Å². The smallest absolute Gasteiger partial charge is 0.303 e. The van der Waals surface area contributed by atoms with Gasteiger partial charge >= 0.3 is 5.97 Å². The predicted octanol–water partition coefficient (Wildman–Crippen LogP) is -0.224. The van der Waals surface area contributed by atoms with Crippen LogP contribution in [0.5, 0.6) is 0 Å². The van der Waals surface area contributed by atoms with Gasteiger partial charge in [0.15, 0.2) is 17.4 Å². The van der Waals surface area contributed by atoms with E-state index in [4.69, 9.17) is 15.0 Å². The van der Waals surface area contributed by atoms with Crippen LogP contribution in [0, 0.1) is 0 Å². The number of carboxylic acid groups (broad SMARTS) is 2. The summed E-state index contributed by atoms with van der Waals surface area (Å²) < 4.78 is 0. The monoisotopic (exact) mass is 285 g/mol. The van der Waals surface area contributed by atoms with Crippen LogP contribution in [0.3, 0.4) is 0 Å². The van der Waals surface area contributed by atoms with Crippen LogP contribution < -0.4 is 0 Å². The minimum Gasteiger partial charge on any atom is -0.481 e. The first-order valence-corrected chi connectivity index (χ1v) is 2.92. The van der Waals surface area contributed by atoms with Crippen molar-refractivity contribution in [3.63, 3.8) is 0 Å². The summed E-state index contributed by atoms with van der Waals surface area (Å²) in [5.74, 6) is -1.54. The summed E-state index contributed by atoms with van der Waals surface area (Å²) in [5.41, 5.74) is 0. The summed E-state index contributed by atoms with van der Waals surface area (Å²) in [6.07, 6.45) is 1.02. The Bertz CT molecular complexity index is 114. The molecule has 0 heterocycles. The van der Waals surface area contributed by atoms with Crippen molar-refractivity contribution in [1.82, 2.24) is 0 Å². The Balaban J connectivity index is -0.0000000483. The summed E-state index contributed by atoms with van der Waals surface area (Å²) in [4.78, 5) is 18.6. The Morgan fingerprint density at radius 3 is 1.50 bits per heavy atom. The molecule has 12 heavy (non-hydrogen) atoms. The zero-order valence-corrected chi connectivity index (χ0v) is 7.91. The van der Waals surface area contributed by atoms with Crippen molar-refractivity contribution in [3.05, 3.63) is 0 Å². The van der Waals surface area contributed by atoms with E-state index < -0.39 is 11.9 Å². The number of hydrogen-bond acceptors (Lipinski definition) is 2. The summed E-state index contributed by atoms with van der Waals surface area (Å²) in [5, 5.41) is 15.3. The molecule has 0 amide bonds. The minimum atomic E-state index is -0.833. The molecule has 0 aliphatic heterocycles. The van der Waals surface area contributed by atoms with Crippen LogP contribution in [-0.4, -0.2) is 39.5 Å². The average molecular weight is 286 g/mol. The molecule has 0 aromatic heterocycles. The van der Waals surface area contributed by atoms with Gasteiger partial charge < -0.3 is 10.2 Å². The van der Waals surface area contributed by atoms with Crippen LogP contribution in [0.15, 0.2) is 0 Å². The quantitative estimate of drug-likeness (QED) is 0.688. The maximum atomic E-state index is 9.60. The normalized spacial score (nSPS) is 6.17. The van der Waals surface area contributed by atoms with E-state index in [9.17, 15) is 4.79 Å². The Morgan fingerprint density at radius 1 is 1.25 bits per heavy atom. The fraction of sp³-hybridized carbons (Fsp3) is 0.667. The van der Waals surface area contributed by atoms with Gasteiger partial charge in [0.2, 0.25) is 0 Å². The SMILES string of the molecule is CC(=O)O.CCCC(=O)O.[Ag].[AlH3]. The Hall–Kier alpha value is 0.213. The van der Waals surface area contributed by atoms with E-state index in [0.29, 0.717) is 6.42 Å². The number of hydrogen-bond donors (Lipinski definition) is 2. The van der Waals surface area contributed by atoms with Gasteiger partial charge in [-0.3, -0.25) is 9.59 Å². The number of carbonyl (C=O) groups is 2. The molecule has 6 heteroatoms. The van der Waals surface area contributed by atoms with Gasteiger partial charge in [-0.1, -0.05) is 6.92 Å². The fourth-order valence-electron chi connectivity index (χ4n) is 0.214. The number of carboxylic acids is 2. The molecule has 0 fully saturated rings. The van der Waals surface area contributed by atoms with Crippen molar-refractivity contribution in [2.45, 2.75) is 26.7 Å². The maximum Gasteiger partial charge on any atom is 0.303 e. The Kier molecular flexibility index (Phi) is 32.9. The zero-order chi connectivity index (χ0) is 8.57. The number of aliphatic carboxylic acids is 2. The van der Waals surface area contributed by atoms with Gasteiger partial charge in [-0.05, 0) is 6.42 Å². The molecule has 0 bridgehead atoms. The summed E-state index contributed by atoms with van der Waals surface area (Å²) in [7, 11) is 0. The van der Waals surface area contributed by atoms with Crippen LogP contribution in [0.2, 0.25) is 0 Å². The van der Waals surface area contributed by atoms with Crippen molar-refractivity contribution in [1.29, 1.82) is 0 Å². The molecule has 0 aliphatic rings. The third-order valence-electron chi connectivity index (χ3n) is 0.464. The largest absolute Gasteiger partial charge is 0.481 e. The van der Waals surface area contributed by atoms with E-state index in [2.05, 4.69) is 0 Å². The van der Waals surface area contributed by atoms with E-state index in [1.165, 1.54) is 0 Å². The van der Waals surface area contributed by atoms with Crippen molar-refractivity contribution < 1.29 is 42.2 Å². The second-order valence-electron chi connectivity index (χ2n) is 1.66. The second-order valence-corrected chi connectivity index (χ2v) is 1.66. The topological polar surface area (TPSA) is 74.6 Å². The maximum absolute atomic E-state index is 9.60. The second kappa shape index (κ2) is 17.3. The third-order valence-corrected chi connectivity index (χ3v) is 0.464. The molecule has 77 valence electrons. The van der Waals surface area contributed by atoms with Crippen LogP contribution >= 0.6 is 0 Å². The van der Waals surface area contributed by atoms with Crippen molar-refractivity contribution >= 4 is 29.3 Å². The van der Waals surface area contributed by atoms with Crippen molar-refractivity contribution in [2.75, 3.05) is 0 Å². The van der Waals surface area contributed by atoms with E-state index in [1.807, 2.05) is 6.92 Å². The van der Waals surface area contributed by atoms with Gasteiger partial charge in [0.25, 0.3) is 5.97 Å². The van der Waals surface area contributed by atoms with E-state index in [0.717, 1.165) is 13.3 Å². The molecule has 0 rings (SSSR count). The third kappa shape index (κ3) is 84.0. The first-order valence-electron chi connectivity index (χ1n) is 2.92. The molecular formula is C6H15AgAlO4. The van der Waals surface area contributed by atoms with E-state index in [1.54, 1.807) is 0 Å². The van der Waals surface area contributed by atoms with E-state index >= 15 is 0 Å². The van der Waals surface area contributed by atoms with Gasteiger partial charge in [0.1, 0.15) is 0 Å². The molecule has 0 aliphatic carbocycles. The molecule has 1 radical (unpaired) electrons.